The minimum atomic E-state index is -1.36. The van der Waals surface area contributed by atoms with Gasteiger partial charge in [0.05, 0.1) is 16.9 Å². The summed E-state index contributed by atoms with van der Waals surface area (Å²) in [6.45, 7) is 0. The molecule has 0 amide bonds. The molecule has 0 aliphatic carbocycles. The van der Waals surface area contributed by atoms with E-state index in [0.29, 0.717) is 0 Å². The number of carboxylic acid groups (broad SMARTS) is 1. The first-order valence-corrected chi connectivity index (χ1v) is 4.84. The first-order valence-electron chi connectivity index (χ1n) is 4.46. The fourth-order valence-corrected chi connectivity index (χ4v) is 1.56. The molecular weight excluding hydrogens is 251 g/mol. The van der Waals surface area contributed by atoms with Gasteiger partial charge in [0.2, 0.25) is 5.69 Å². The third-order valence-corrected chi connectivity index (χ3v) is 2.36. The normalized spacial score (nSPS) is 10.5. The van der Waals surface area contributed by atoms with Crippen molar-refractivity contribution in [2.75, 3.05) is 0 Å². The number of hydrogen-bond acceptors (Lipinski definition) is 3. The minimum absolute atomic E-state index is 0.0597. The summed E-state index contributed by atoms with van der Waals surface area (Å²) >= 11 is 5.78. The first-order chi connectivity index (χ1) is 7.99. The Bertz CT molecular complexity index is 597. The van der Waals surface area contributed by atoms with E-state index in [-0.39, 0.29) is 10.7 Å². The number of rotatable bonds is 2. The molecule has 0 radical (unpaired) electrons. The van der Waals surface area contributed by atoms with E-state index >= 15 is 0 Å². The number of aromatic carboxylic acids is 1. The molecule has 5 nitrogen and oxygen atoms in total. The number of aromatic hydroxyl groups is 1. The highest BCUT2D eigenvalue weighted by Crippen LogP contribution is 2.24. The zero-order valence-corrected chi connectivity index (χ0v) is 9.02. The van der Waals surface area contributed by atoms with Crippen LogP contribution in [-0.4, -0.2) is 26.0 Å². The lowest BCUT2D eigenvalue weighted by molar-refractivity contribution is 0.0687. The molecule has 1 heterocycles. The molecule has 7 heteroatoms. The Kier molecular flexibility index (Phi) is 2.72. The van der Waals surface area contributed by atoms with Gasteiger partial charge < -0.3 is 10.2 Å². The van der Waals surface area contributed by atoms with E-state index in [9.17, 15) is 14.3 Å². The Morgan fingerprint density at radius 1 is 1.47 bits per heavy atom. The summed E-state index contributed by atoms with van der Waals surface area (Å²) in [6.07, 6.45) is 1.09. The van der Waals surface area contributed by atoms with Crippen LogP contribution in [0, 0.1) is 5.82 Å². The second-order valence-electron chi connectivity index (χ2n) is 3.21. The van der Waals surface area contributed by atoms with Crippen LogP contribution in [0.15, 0.2) is 24.4 Å². The number of benzene rings is 1. The van der Waals surface area contributed by atoms with Gasteiger partial charge in [0.15, 0.2) is 5.75 Å². The van der Waals surface area contributed by atoms with E-state index in [0.717, 1.165) is 23.0 Å². The molecule has 0 saturated carbocycles. The van der Waals surface area contributed by atoms with Crippen molar-refractivity contribution in [1.29, 1.82) is 0 Å². The fraction of sp³-hybridized carbons (Fsp3) is 0. The molecule has 17 heavy (non-hydrogen) atoms. The number of carbonyl (C=O) groups is 1. The van der Waals surface area contributed by atoms with Gasteiger partial charge in [-0.1, -0.05) is 11.6 Å². The highest BCUT2D eigenvalue weighted by Gasteiger charge is 2.16. The Labute approximate surface area is 99.7 Å². The first kappa shape index (κ1) is 11.4. The molecule has 0 fully saturated rings. The molecule has 0 saturated heterocycles. The lowest BCUT2D eigenvalue weighted by Gasteiger charge is -2.03. The van der Waals surface area contributed by atoms with Gasteiger partial charge in [0.1, 0.15) is 5.82 Å². The topological polar surface area (TPSA) is 75.3 Å². The highest BCUT2D eigenvalue weighted by atomic mass is 35.5. The van der Waals surface area contributed by atoms with Gasteiger partial charge in [-0.05, 0) is 18.2 Å². The van der Waals surface area contributed by atoms with Crippen molar-refractivity contribution in [2.24, 2.45) is 0 Å². The summed E-state index contributed by atoms with van der Waals surface area (Å²) in [4.78, 5) is 10.7. The van der Waals surface area contributed by atoms with Crippen molar-refractivity contribution in [1.82, 2.24) is 9.78 Å². The third kappa shape index (κ3) is 2.07. The molecule has 0 unspecified atom stereocenters. The molecule has 0 bridgehead atoms. The van der Waals surface area contributed by atoms with Crippen LogP contribution in [0.1, 0.15) is 10.5 Å². The number of halogens is 2. The molecule has 1 aromatic carbocycles. The summed E-state index contributed by atoms with van der Waals surface area (Å²) in [5, 5.41) is 21.7. The summed E-state index contributed by atoms with van der Waals surface area (Å²) in [5.41, 5.74) is -0.221. The zero-order chi connectivity index (χ0) is 12.6. The van der Waals surface area contributed by atoms with Crippen LogP contribution in [0.4, 0.5) is 4.39 Å². The van der Waals surface area contributed by atoms with Crippen molar-refractivity contribution in [3.05, 3.63) is 40.9 Å². The van der Waals surface area contributed by atoms with Gasteiger partial charge >= 0.3 is 5.97 Å². The number of carboxylic acids is 1. The number of aromatic nitrogens is 2. The van der Waals surface area contributed by atoms with E-state index in [4.69, 9.17) is 16.7 Å². The largest absolute Gasteiger partial charge is 0.504 e. The van der Waals surface area contributed by atoms with E-state index in [1.165, 1.54) is 6.07 Å². The van der Waals surface area contributed by atoms with Gasteiger partial charge in [0, 0.05) is 0 Å². The smallest absolute Gasteiger partial charge is 0.360 e. The van der Waals surface area contributed by atoms with Gasteiger partial charge in [0.25, 0.3) is 0 Å². The quantitative estimate of drug-likeness (QED) is 0.862. The van der Waals surface area contributed by atoms with Crippen LogP contribution < -0.4 is 0 Å². The van der Waals surface area contributed by atoms with Gasteiger partial charge in [-0.25, -0.2) is 13.9 Å². The zero-order valence-electron chi connectivity index (χ0n) is 8.26. The monoisotopic (exact) mass is 256 g/mol. The lowest BCUT2D eigenvalue weighted by atomic mass is 10.3. The second kappa shape index (κ2) is 4.06. The van der Waals surface area contributed by atoms with Crippen LogP contribution in [0.3, 0.4) is 0 Å². The molecule has 88 valence electrons. The van der Waals surface area contributed by atoms with E-state index in [1.54, 1.807) is 0 Å². The van der Waals surface area contributed by atoms with Crippen LogP contribution >= 0.6 is 11.6 Å². The van der Waals surface area contributed by atoms with Gasteiger partial charge in [-0.15, -0.1) is 0 Å². The standard InChI is InChI=1S/C10H6ClFN2O3/c11-6-3-5(12)1-2-7(6)14-4-8(15)9(13-14)10(16)17/h1-4,15H,(H,16,17). The summed E-state index contributed by atoms with van der Waals surface area (Å²) in [6, 6.07) is 3.55. The second-order valence-corrected chi connectivity index (χ2v) is 3.62. The SMILES string of the molecule is O=C(O)c1nn(-c2ccc(F)cc2Cl)cc1O. The van der Waals surface area contributed by atoms with E-state index < -0.39 is 23.2 Å². The maximum Gasteiger partial charge on any atom is 0.360 e. The summed E-state index contributed by atoms with van der Waals surface area (Å²) in [5.74, 6) is -2.37. The van der Waals surface area contributed by atoms with E-state index in [2.05, 4.69) is 5.10 Å². The van der Waals surface area contributed by atoms with Crippen LogP contribution in [0.5, 0.6) is 5.75 Å². The molecule has 0 aliphatic rings. The van der Waals surface area contributed by atoms with Gasteiger partial charge in [-0.2, -0.15) is 5.10 Å². The average molecular weight is 257 g/mol. The van der Waals surface area contributed by atoms with Crippen LogP contribution in [-0.2, 0) is 0 Å². The molecule has 1 aromatic heterocycles. The number of hydrogen-bond donors (Lipinski definition) is 2. The molecule has 0 aliphatic heterocycles. The summed E-state index contributed by atoms with van der Waals surface area (Å²) in [7, 11) is 0. The fourth-order valence-electron chi connectivity index (χ4n) is 1.31. The van der Waals surface area contributed by atoms with Crippen molar-refractivity contribution < 1.29 is 19.4 Å². The van der Waals surface area contributed by atoms with Crippen molar-refractivity contribution >= 4 is 17.6 Å². The van der Waals surface area contributed by atoms with Crippen LogP contribution in [0.25, 0.3) is 5.69 Å². The molecule has 0 atom stereocenters. The Morgan fingerprint density at radius 3 is 2.71 bits per heavy atom. The predicted molar refractivity (Wildman–Crippen MR) is 57.2 cm³/mol. The predicted octanol–water partition coefficient (Wildman–Crippen LogP) is 2.07. The minimum Gasteiger partial charge on any atom is -0.504 e. The molecular formula is C10H6ClFN2O3. The van der Waals surface area contributed by atoms with Crippen molar-refractivity contribution in [3.8, 4) is 11.4 Å². The molecule has 2 aromatic rings. The highest BCUT2D eigenvalue weighted by molar-refractivity contribution is 6.32. The Morgan fingerprint density at radius 2 is 2.18 bits per heavy atom. The van der Waals surface area contributed by atoms with Gasteiger partial charge in [-0.3, -0.25) is 0 Å². The number of nitrogens with zero attached hydrogens (tertiary/aromatic N) is 2. The Hall–Kier alpha value is -2.08. The summed E-state index contributed by atoms with van der Waals surface area (Å²) < 4.78 is 13.9. The van der Waals surface area contributed by atoms with Crippen molar-refractivity contribution in [3.63, 3.8) is 0 Å². The third-order valence-electron chi connectivity index (χ3n) is 2.05. The molecule has 2 rings (SSSR count). The Balaban J connectivity index is 2.53. The lowest BCUT2D eigenvalue weighted by Crippen LogP contribution is -2.01. The maximum absolute atomic E-state index is 12.8. The van der Waals surface area contributed by atoms with E-state index in [1.807, 2.05) is 0 Å². The van der Waals surface area contributed by atoms with Crippen molar-refractivity contribution in [2.45, 2.75) is 0 Å². The maximum atomic E-state index is 12.8. The average Bonchev–Trinajstić information content (AvgIpc) is 2.60. The molecule has 0 spiro atoms. The molecule has 2 N–H and O–H groups in total. The van der Waals surface area contributed by atoms with Crippen LogP contribution in [0.2, 0.25) is 5.02 Å².